The molecule has 1 aliphatic heterocycles. The Morgan fingerprint density at radius 1 is 1.35 bits per heavy atom. The molecule has 17 heavy (non-hydrogen) atoms. The Balaban J connectivity index is 2.00. The van der Waals surface area contributed by atoms with Crippen LogP contribution in [0.5, 0.6) is 5.75 Å². The highest BCUT2D eigenvalue weighted by Crippen LogP contribution is 2.21. The molecule has 0 aromatic heterocycles. The summed E-state index contributed by atoms with van der Waals surface area (Å²) in [6.45, 7) is 9.01. The van der Waals surface area contributed by atoms with E-state index in [1.807, 2.05) is 0 Å². The van der Waals surface area contributed by atoms with Gasteiger partial charge in [0.05, 0.1) is 0 Å². The summed E-state index contributed by atoms with van der Waals surface area (Å²) in [4.78, 5) is 0. The minimum atomic E-state index is -1.48. The van der Waals surface area contributed by atoms with E-state index in [2.05, 4.69) is 49.2 Å². The number of hydrogen-bond donors (Lipinski definition) is 1. The molecule has 1 N–H and O–H groups in total. The van der Waals surface area contributed by atoms with Gasteiger partial charge in [-0.05, 0) is 69.2 Å². The number of benzene rings is 1. The first-order valence-corrected chi connectivity index (χ1v) is 9.92. The zero-order valence-corrected chi connectivity index (χ0v) is 12.1. The van der Waals surface area contributed by atoms with Gasteiger partial charge in [0, 0.05) is 0 Å². The molecule has 0 saturated carbocycles. The normalized spacial score (nSPS) is 20.5. The average molecular weight is 249 g/mol. The maximum atomic E-state index is 6.03. The fraction of sp³-hybridized carbons (Fsp3) is 0.571. The molecule has 0 aliphatic carbocycles. The van der Waals surface area contributed by atoms with Crippen LogP contribution in [0, 0.1) is 5.92 Å². The molecule has 1 atom stereocenters. The Bertz CT molecular complexity index is 367. The molecule has 94 valence electrons. The van der Waals surface area contributed by atoms with Gasteiger partial charge in [0.1, 0.15) is 5.75 Å². The van der Waals surface area contributed by atoms with E-state index >= 15 is 0 Å². The summed E-state index contributed by atoms with van der Waals surface area (Å²) in [7, 11) is -1.48. The van der Waals surface area contributed by atoms with Gasteiger partial charge in [-0.2, -0.15) is 0 Å². The van der Waals surface area contributed by atoms with Gasteiger partial charge in [0.25, 0.3) is 0 Å². The minimum absolute atomic E-state index is 0.803. The van der Waals surface area contributed by atoms with E-state index in [-0.39, 0.29) is 0 Å². The first-order valence-electron chi connectivity index (χ1n) is 6.52. The topological polar surface area (TPSA) is 21.3 Å². The minimum Gasteiger partial charge on any atom is -0.544 e. The summed E-state index contributed by atoms with van der Waals surface area (Å²) >= 11 is 0. The molecule has 1 saturated heterocycles. The van der Waals surface area contributed by atoms with Crippen molar-refractivity contribution in [2.75, 3.05) is 13.1 Å². The second kappa shape index (κ2) is 5.23. The Kier molecular flexibility index (Phi) is 3.89. The van der Waals surface area contributed by atoms with Crippen LogP contribution in [0.3, 0.4) is 0 Å². The summed E-state index contributed by atoms with van der Waals surface area (Å²) in [6, 6.07) is 8.63. The van der Waals surface area contributed by atoms with Crippen LogP contribution in [-0.4, -0.2) is 21.4 Å². The van der Waals surface area contributed by atoms with Gasteiger partial charge >= 0.3 is 0 Å². The van der Waals surface area contributed by atoms with Crippen molar-refractivity contribution in [2.45, 2.75) is 32.5 Å². The van der Waals surface area contributed by atoms with Crippen molar-refractivity contribution in [3.05, 3.63) is 29.8 Å². The zero-order chi connectivity index (χ0) is 12.3. The lowest BCUT2D eigenvalue weighted by atomic mass is 9.99. The van der Waals surface area contributed by atoms with Crippen LogP contribution < -0.4 is 9.74 Å². The molecule has 1 heterocycles. The second-order valence-electron chi connectivity index (χ2n) is 5.92. The fourth-order valence-electron chi connectivity index (χ4n) is 2.31. The highest BCUT2D eigenvalue weighted by atomic mass is 28.4. The summed E-state index contributed by atoms with van der Waals surface area (Å²) in [5.74, 6) is 1.85. The predicted octanol–water partition coefficient (Wildman–Crippen LogP) is 3.05. The zero-order valence-electron chi connectivity index (χ0n) is 11.1. The second-order valence-corrected chi connectivity index (χ2v) is 10.4. The smallest absolute Gasteiger partial charge is 0.242 e. The Hall–Kier alpha value is -0.803. The van der Waals surface area contributed by atoms with Crippen molar-refractivity contribution in [1.29, 1.82) is 0 Å². The first kappa shape index (κ1) is 12.6. The van der Waals surface area contributed by atoms with Gasteiger partial charge in [-0.25, -0.2) is 0 Å². The van der Waals surface area contributed by atoms with E-state index in [0.29, 0.717) is 0 Å². The maximum Gasteiger partial charge on any atom is 0.242 e. The Labute approximate surface area is 106 Å². The summed E-state index contributed by atoms with van der Waals surface area (Å²) in [6.07, 6.45) is 2.48. The molecule has 1 aromatic carbocycles. The first-order chi connectivity index (χ1) is 8.03. The van der Waals surface area contributed by atoms with Crippen molar-refractivity contribution in [3.63, 3.8) is 0 Å². The van der Waals surface area contributed by atoms with E-state index in [1.165, 1.54) is 31.5 Å². The van der Waals surface area contributed by atoms with Crippen molar-refractivity contribution in [3.8, 4) is 5.75 Å². The molecule has 1 aromatic rings. The number of rotatable bonds is 4. The van der Waals surface area contributed by atoms with Crippen LogP contribution in [0.15, 0.2) is 24.3 Å². The molecule has 1 aliphatic rings. The fourth-order valence-corrected chi connectivity index (χ4v) is 3.15. The molecule has 0 radical (unpaired) electrons. The van der Waals surface area contributed by atoms with Crippen molar-refractivity contribution in [1.82, 2.24) is 5.32 Å². The van der Waals surface area contributed by atoms with E-state index in [4.69, 9.17) is 4.43 Å². The molecular formula is C14H23NOSi. The maximum absolute atomic E-state index is 6.03. The lowest BCUT2D eigenvalue weighted by Crippen LogP contribution is -2.29. The SMILES string of the molecule is C[Si](C)(C)Oc1cccc(CC2CCNC2)c1. The van der Waals surface area contributed by atoms with Crippen molar-refractivity contribution in [2.24, 2.45) is 5.92 Å². The molecule has 3 heteroatoms. The van der Waals surface area contributed by atoms with Crippen LogP contribution in [-0.2, 0) is 6.42 Å². The predicted molar refractivity (Wildman–Crippen MR) is 75.1 cm³/mol. The van der Waals surface area contributed by atoms with E-state index in [0.717, 1.165) is 11.7 Å². The van der Waals surface area contributed by atoms with E-state index < -0.39 is 8.32 Å². The molecule has 0 spiro atoms. The summed E-state index contributed by atoms with van der Waals surface area (Å²) < 4.78 is 6.03. The molecule has 2 nitrogen and oxygen atoms in total. The van der Waals surface area contributed by atoms with Crippen molar-refractivity contribution < 1.29 is 4.43 Å². The third-order valence-electron chi connectivity index (χ3n) is 3.01. The summed E-state index contributed by atoms with van der Waals surface area (Å²) in [5, 5.41) is 3.42. The van der Waals surface area contributed by atoms with Crippen LogP contribution in [0.1, 0.15) is 12.0 Å². The third-order valence-corrected chi connectivity index (χ3v) is 3.86. The van der Waals surface area contributed by atoms with Gasteiger partial charge < -0.3 is 9.74 Å². The standard InChI is InChI=1S/C14H23NOSi/c1-17(2,3)16-14-6-4-5-12(10-14)9-13-7-8-15-11-13/h4-6,10,13,15H,7-9,11H2,1-3H3. The molecule has 0 bridgehead atoms. The molecule has 1 fully saturated rings. The van der Waals surface area contributed by atoms with Crippen LogP contribution >= 0.6 is 0 Å². The lowest BCUT2D eigenvalue weighted by Gasteiger charge is -2.20. The van der Waals surface area contributed by atoms with Gasteiger partial charge in [0.2, 0.25) is 8.32 Å². The van der Waals surface area contributed by atoms with Crippen LogP contribution in [0.2, 0.25) is 19.6 Å². The highest BCUT2D eigenvalue weighted by molar-refractivity contribution is 6.70. The van der Waals surface area contributed by atoms with E-state index in [1.54, 1.807) is 0 Å². The quantitative estimate of drug-likeness (QED) is 0.828. The monoisotopic (exact) mass is 249 g/mol. The summed E-state index contributed by atoms with van der Waals surface area (Å²) in [5.41, 5.74) is 1.41. The highest BCUT2D eigenvalue weighted by Gasteiger charge is 2.17. The molecular weight excluding hydrogens is 226 g/mol. The van der Waals surface area contributed by atoms with Crippen LogP contribution in [0.4, 0.5) is 0 Å². The average Bonchev–Trinajstić information content (AvgIpc) is 2.68. The van der Waals surface area contributed by atoms with Gasteiger partial charge in [-0.3, -0.25) is 0 Å². The van der Waals surface area contributed by atoms with Crippen molar-refractivity contribution >= 4 is 8.32 Å². The number of nitrogens with one attached hydrogen (secondary N) is 1. The molecule has 0 amide bonds. The molecule has 2 rings (SSSR count). The molecule has 1 unspecified atom stereocenters. The van der Waals surface area contributed by atoms with Gasteiger partial charge in [-0.15, -0.1) is 0 Å². The van der Waals surface area contributed by atoms with Gasteiger partial charge in [-0.1, -0.05) is 12.1 Å². The third kappa shape index (κ3) is 4.17. The lowest BCUT2D eigenvalue weighted by molar-refractivity contribution is 0.550. The van der Waals surface area contributed by atoms with Gasteiger partial charge in [0.15, 0.2) is 0 Å². The Morgan fingerprint density at radius 2 is 2.18 bits per heavy atom. The van der Waals surface area contributed by atoms with E-state index in [9.17, 15) is 0 Å². The number of hydrogen-bond acceptors (Lipinski definition) is 2. The largest absolute Gasteiger partial charge is 0.544 e. The van der Waals surface area contributed by atoms with Crippen LogP contribution in [0.25, 0.3) is 0 Å². The Morgan fingerprint density at radius 3 is 2.82 bits per heavy atom.